The summed E-state index contributed by atoms with van der Waals surface area (Å²) in [5.41, 5.74) is 7.27. The van der Waals surface area contributed by atoms with Crippen molar-refractivity contribution >= 4 is 34.7 Å². The number of para-hydroxylation sites is 1. The molecule has 0 bridgehead atoms. The molecule has 4 rings (SSSR count). The topological polar surface area (TPSA) is 42.3 Å². The number of thioether (sulfide) groups is 1. The maximum atomic E-state index is 12.9. The minimum Gasteiger partial charge on any atom is -0.318 e. The second kappa shape index (κ2) is 7.41. The van der Waals surface area contributed by atoms with E-state index in [1.807, 2.05) is 31.2 Å². The second-order valence-electron chi connectivity index (χ2n) is 7.23. The minimum atomic E-state index is -0.275. The Balaban J connectivity index is 1.74. The first kappa shape index (κ1) is 19.3. The summed E-state index contributed by atoms with van der Waals surface area (Å²) in [4.78, 5) is 27.1. The Morgan fingerprint density at radius 2 is 1.62 bits per heavy atom. The quantitative estimate of drug-likeness (QED) is 0.508. The van der Waals surface area contributed by atoms with Crippen LogP contribution in [0.25, 0.3) is 11.8 Å². The first-order valence-electron chi connectivity index (χ1n) is 9.47. The van der Waals surface area contributed by atoms with Gasteiger partial charge in [0.25, 0.3) is 11.1 Å². The predicted octanol–water partition coefficient (Wildman–Crippen LogP) is 5.95. The number of carbonyl (C=O) groups excluding carboxylic acids is 2. The zero-order chi connectivity index (χ0) is 20.7. The van der Waals surface area contributed by atoms with Crippen molar-refractivity contribution in [2.45, 2.75) is 27.7 Å². The van der Waals surface area contributed by atoms with E-state index in [2.05, 4.69) is 49.6 Å². The van der Waals surface area contributed by atoms with Crippen LogP contribution in [-0.4, -0.2) is 15.7 Å². The van der Waals surface area contributed by atoms with E-state index >= 15 is 0 Å². The van der Waals surface area contributed by atoms with E-state index in [1.54, 1.807) is 12.1 Å². The van der Waals surface area contributed by atoms with Gasteiger partial charge < -0.3 is 4.57 Å². The monoisotopic (exact) mass is 402 g/mol. The number of hydrogen-bond donors (Lipinski definition) is 0. The van der Waals surface area contributed by atoms with Crippen molar-refractivity contribution in [1.29, 1.82) is 0 Å². The molecule has 1 aromatic heterocycles. The van der Waals surface area contributed by atoms with Crippen LogP contribution in [-0.2, 0) is 4.79 Å². The summed E-state index contributed by atoms with van der Waals surface area (Å²) in [6.45, 7) is 8.33. The molecule has 5 heteroatoms. The lowest BCUT2D eigenvalue weighted by atomic mass is 10.1. The zero-order valence-corrected chi connectivity index (χ0v) is 17.7. The summed E-state index contributed by atoms with van der Waals surface area (Å²) in [6, 6.07) is 17.4. The average Bonchev–Trinajstić information content (AvgIpc) is 3.13. The smallest absolute Gasteiger partial charge is 0.298 e. The van der Waals surface area contributed by atoms with Crippen LogP contribution in [0.5, 0.6) is 0 Å². The third-order valence-corrected chi connectivity index (χ3v) is 6.25. The summed E-state index contributed by atoms with van der Waals surface area (Å²) < 4.78 is 2.20. The van der Waals surface area contributed by atoms with E-state index < -0.39 is 0 Å². The van der Waals surface area contributed by atoms with Gasteiger partial charge in [-0.1, -0.05) is 30.3 Å². The summed E-state index contributed by atoms with van der Waals surface area (Å²) in [5.74, 6) is -0.275. The number of amides is 2. The highest BCUT2D eigenvalue weighted by Gasteiger charge is 2.36. The van der Waals surface area contributed by atoms with E-state index in [-0.39, 0.29) is 11.1 Å². The SMILES string of the molecule is Cc1cccc(-n2c(C)cc(C=C3SC(=O)N(c4ccccc4)C3=O)c2C)c1C. The third-order valence-electron chi connectivity index (χ3n) is 5.38. The van der Waals surface area contributed by atoms with E-state index in [0.717, 1.165) is 34.4 Å². The molecule has 4 nitrogen and oxygen atoms in total. The van der Waals surface area contributed by atoms with Gasteiger partial charge in [0.1, 0.15) is 0 Å². The van der Waals surface area contributed by atoms with Gasteiger partial charge in [-0.25, -0.2) is 4.90 Å². The lowest BCUT2D eigenvalue weighted by Gasteiger charge is -2.14. The fraction of sp³-hybridized carbons (Fsp3) is 0.167. The van der Waals surface area contributed by atoms with Crippen LogP contribution in [0.3, 0.4) is 0 Å². The molecule has 2 heterocycles. The number of anilines is 1. The average molecular weight is 403 g/mol. The summed E-state index contributed by atoms with van der Waals surface area (Å²) in [6.07, 6.45) is 1.83. The number of rotatable bonds is 3. The molecule has 1 aliphatic heterocycles. The van der Waals surface area contributed by atoms with Gasteiger partial charge in [-0.15, -0.1) is 0 Å². The van der Waals surface area contributed by atoms with Gasteiger partial charge in [-0.3, -0.25) is 9.59 Å². The van der Waals surface area contributed by atoms with Gasteiger partial charge in [0.2, 0.25) is 0 Å². The maximum Gasteiger partial charge on any atom is 0.298 e. The van der Waals surface area contributed by atoms with Gasteiger partial charge >= 0.3 is 0 Å². The van der Waals surface area contributed by atoms with Crippen LogP contribution in [0.1, 0.15) is 28.1 Å². The Morgan fingerprint density at radius 1 is 0.897 bits per heavy atom. The Kier molecular flexibility index (Phi) is 4.92. The molecular weight excluding hydrogens is 380 g/mol. The molecule has 2 amide bonds. The van der Waals surface area contributed by atoms with Crippen molar-refractivity contribution in [3.05, 3.63) is 87.6 Å². The number of carbonyl (C=O) groups is 2. The van der Waals surface area contributed by atoms with E-state index in [0.29, 0.717) is 10.6 Å². The number of imide groups is 1. The molecule has 0 radical (unpaired) electrons. The molecule has 0 unspecified atom stereocenters. The standard InChI is InChI=1S/C24H22N2O2S/c1-15-9-8-12-21(17(15)3)25-16(2)13-19(18(25)4)14-22-23(27)26(24(28)29-22)20-10-6-5-7-11-20/h5-14H,1-4H3. The first-order valence-corrected chi connectivity index (χ1v) is 10.3. The molecule has 0 spiro atoms. The molecule has 1 aliphatic rings. The Labute approximate surface area is 174 Å². The van der Waals surface area contributed by atoms with E-state index in [9.17, 15) is 9.59 Å². The fourth-order valence-electron chi connectivity index (χ4n) is 3.69. The van der Waals surface area contributed by atoms with Crippen LogP contribution in [0.2, 0.25) is 0 Å². The van der Waals surface area contributed by atoms with Crippen molar-refractivity contribution in [2.24, 2.45) is 0 Å². The number of nitrogens with zero attached hydrogens (tertiary/aromatic N) is 2. The Hall–Kier alpha value is -3.05. The van der Waals surface area contributed by atoms with Crippen molar-refractivity contribution < 1.29 is 9.59 Å². The Bertz CT molecular complexity index is 1160. The number of hydrogen-bond acceptors (Lipinski definition) is 3. The van der Waals surface area contributed by atoms with Gasteiger partial charge in [0, 0.05) is 17.1 Å². The van der Waals surface area contributed by atoms with Gasteiger partial charge in [-0.05, 0) is 86.5 Å². The van der Waals surface area contributed by atoms with Crippen LogP contribution in [0, 0.1) is 27.7 Å². The van der Waals surface area contributed by atoms with E-state index in [1.165, 1.54) is 16.0 Å². The molecule has 0 saturated carbocycles. The largest absolute Gasteiger partial charge is 0.318 e. The summed E-state index contributed by atoms with van der Waals surface area (Å²) >= 11 is 0.986. The van der Waals surface area contributed by atoms with Gasteiger partial charge in [-0.2, -0.15) is 0 Å². The molecule has 1 fully saturated rings. The highest BCUT2D eigenvalue weighted by Crippen LogP contribution is 2.36. The van der Waals surface area contributed by atoms with E-state index in [4.69, 9.17) is 0 Å². The van der Waals surface area contributed by atoms with Crippen molar-refractivity contribution in [3.63, 3.8) is 0 Å². The molecule has 146 valence electrons. The van der Waals surface area contributed by atoms with Crippen LogP contribution >= 0.6 is 11.8 Å². The van der Waals surface area contributed by atoms with Gasteiger partial charge in [0.15, 0.2) is 0 Å². The van der Waals surface area contributed by atoms with Crippen molar-refractivity contribution in [2.75, 3.05) is 4.90 Å². The van der Waals surface area contributed by atoms with Gasteiger partial charge in [0.05, 0.1) is 10.6 Å². The van der Waals surface area contributed by atoms with Crippen LogP contribution in [0.15, 0.2) is 59.5 Å². The second-order valence-corrected chi connectivity index (χ2v) is 8.23. The normalized spacial score (nSPS) is 15.6. The summed E-state index contributed by atoms with van der Waals surface area (Å²) in [7, 11) is 0. The molecule has 3 aromatic rings. The molecule has 0 atom stereocenters. The molecule has 1 saturated heterocycles. The lowest BCUT2D eigenvalue weighted by Crippen LogP contribution is -2.27. The summed E-state index contributed by atoms with van der Waals surface area (Å²) in [5, 5.41) is -0.268. The molecule has 0 N–H and O–H groups in total. The highest BCUT2D eigenvalue weighted by molar-refractivity contribution is 8.19. The first-order chi connectivity index (χ1) is 13.9. The molecule has 29 heavy (non-hydrogen) atoms. The molecule has 0 aliphatic carbocycles. The van der Waals surface area contributed by atoms with Crippen molar-refractivity contribution in [1.82, 2.24) is 4.57 Å². The zero-order valence-electron chi connectivity index (χ0n) is 16.9. The lowest BCUT2D eigenvalue weighted by molar-refractivity contribution is -0.113. The predicted molar refractivity (Wildman–Crippen MR) is 120 cm³/mol. The number of benzene rings is 2. The fourth-order valence-corrected chi connectivity index (χ4v) is 4.52. The third kappa shape index (κ3) is 3.32. The Morgan fingerprint density at radius 3 is 2.34 bits per heavy atom. The van der Waals surface area contributed by atoms with Crippen LogP contribution < -0.4 is 4.90 Å². The minimum absolute atomic E-state index is 0.268. The van der Waals surface area contributed by atoms with Crippen LogP contribution in [0.4, 0.5) is 10.5 Å². The molecule has 2 aromatic carbocycles. The maximum absolute atomic E-state index is 12.9. The highest BCUT2D eigenvalue weighted by atomic mass is 32.2. The number of aryl methyl sites for hydroxylation is 2. The molecular formula is C24H22N2O2S. The van der Waals surface area contributed by atoms with Crippen molar-refractivity contribution in [3.8, 4) is 5.69 Å². The number of aromatic nitrogens is 1.